The van der Waals surface area contributed by atoms with Gasteiger partial charge in [-0.3, -0.25) is 9.59 Å². The van der Waals surface area contributed by atoms with Gasteiger partial charge in [0.05, 0.1) is 37.7 Å². The summed E-state index contributed by atoms with van der Waals surface area (Å²) in [5.41, 5.74) is -0.0982. The lowest BCUT2D eigenvalue weighted by Gasteiger charge is -2.21. The van der Waals surface area contributed by atoms with E-state index in [0.717, 1.165) is 4.90 Å². The number of rotatable bonds is 8. The van der Waals surface area contributed by atoms with Crippen molar-refractivity contribution in [3.63, 3.8) is 0 Å². The maximum absolute atomic E-state index is 13.4. The molecule has 2 heterocycles. The predicted octanol–water partition coefficient (Wildman–Crippen LogP) is 1.01. The molecule has 0 radical (unpaired) electrons. The molecular weight excluding hydrogens is 367 g/mol. The second-order valence-electron chi connectivity index (χ2n) is 6.09. The van der Waals surface area contributed by atoms with Crippen molar-refractivity contribution >= 4 is 11.8 Å². The lowest BCUT2D eigenvalue weighted by molar-refractivity contribution is -0.175. The highest BCUT2D eigenvalue weighted by molar-refractivity contribution is 5.92. The highest BCUT2D eigenvalue weighted by Crippen LogP contribution is 2.34. The molecule has 1 N–H and O–H groups in total. The minimum atomic E-state index is -4.55. The number of carbonyl (C=O) groups is 2. The van der Waals surface area contributed by atoms with Crippen LogP contribution in [-0.2, 0) is 16.1 Å². The smallest absolute Gasteiger partial charge is 0.381 e. The molecule has 0 aliphatic carbocycles. The largest absolute Gasteiger partial charge is 0.395 e. The Hall–Kier alpha value is -2.43. The molecule has 150 valence electrons. The van der Waals surface area contributed by atoms with Gasteiger partial charge < -0.3 is 15.0 Å². The Morgan fingerprint density at radius 3 is 2.81 bits per heavy atom. The van der Waals surface area contributed by atoms with Crippen molar-refractivity contribution in [1.82, 2.24) is 25.2 Å². The first-order valence-electron chi connectivity index (χ1n) is 8.50. The molecule has 1 aliphatic heterocycles. The Kier molecular flexibility index (Phi) is 6.94. The minimum absolute atomic E-state index is 0.00500. The summed E-state index contributed by atoms with van der Waals surface area (Å²) in [5, 5.41) is 9.66. The van der Waals surface area contributed by atoms with Gasteiger partial charge in [0.1, 0.15) is 0 Å². The molecule has 1 fully saturated rings. The lowest BCUT2D eigenvalue weighted by Crippen LogP contribution is -2.45. The van der Waals surface area contributed by atoms with Crippen molar-refractivity contribution in [3.8, 4) is 0 Å². The molecule has 2 amide bonds. The summed E-state index contributed by atoms with van der Waals surface area (Å²) in [6.45, 7) is 5.45. The molecule has 0 bridgehead atoms. The van der Waals surface area contributed by atoms with Gasteiger partial charge in [0, 0.05) is 19.7 Å². The van der Waals surface area contributed by atoms with Crippen molar-refractivity contribution in [1.29, 1.82) is 0 Å². The van der Waals surface area contributed by atoms with Gasteiger partial charge in [-0.05, 0) is 6.92 Å². The normalized spacial score (nSPS) is 19.9. The summed E-state index contributed by atoms with van der Waals surface area (Å²) >= 11 is 0. The van der Waals surface area contributed by atoms with Gasteiger partial charge in [-0.2, -0.15) is 13.2 Å². The molecular formula is C16H22F3N5O3. The fraction of sp³-hybridized carbons (Fsp3) is 0.625. The second kappa shape index (κ2) is 8.98. The molecule has 1 saturated heterocycles. The number of halogens is 3. The van der Waals surface area contributed by atoms with Crippen molar-refractivity contribution < 1.29 is 27.5 Å². The number of nitrogens with one attached hydrogen (secondary N) is 1. The van der Waals surface area contributed by atoms with Crippen LogP contribution in [0.3, 0.4) is 0 Å². The average molecular weight is 389 g/mol. The quantitative estimate of drug-likeness (QED) is 0.530. The molecule has 1 aliphatic rings. The fourth-order valence-corrected chi connectivity index (χ4v) is 2.81. The van der Waals surface area contributed by atoms with E-state index in [1.54, 1.807) is 13.0 Å². The van der Waals surface area contributed by atoms with Crippen LogP contribution in [0.15, 0.2) is 18.9 Å². The van der Waals surface area contributed by atoms with E-state index in [2.05, 4.69) is 22.2 Å². The monoisotopic (exact) mass is 389 g/mol. The predicted molar refractivity (Wildman–Crippen MR) is 88.7 cm³/mol. The van der Waals surface area contributed by atoms with E-state index in [0.29, 0.717) is 13.2 Å². The van der Waals surface area contributed by atoms with E-state index in [4.69, 9.17) is 4.74 Å². The molecule has 11 heteroatoms. The number of amides is 2. The van der Waals surface area contributed by atoms with Crippen molar-refractivity contribution in [2.24, 2.45) is 5.92 Å². The molecule has 0 spiro atoms. The summed E-state index contributed by atoms with van der Waals surface area (Å²) in [6.07, 6.45) is -1.69. The lowest BCUT2D eigenvalue weighted by atomic mass is 10.0. The summed E-state index contributed by atoms with van der Waals surface area (Å²) in [7, 11) is 0. The number of allylic oxidation sites excluding steroid dienone is 1. The highest BCUT2D eigenvalue weighted by Gasteiger charge is 2.51. The van der Waals surface area contributed by atoms with Gasteiger partial charge in [-0.25, -0.2) is 4.68 Å². The van der Waals surface area contributed by atoms with Crippen LogP contribution >= 0.6 is 0 Å². The highest BCUT2D eigenvalue weighted by atomic mass is 19.4. The molecule has 8 nitrogen and oxygen atoms in total. The Balaban J connectivity index is 2.04. The van der Waals surface area contributed by atoms with Crippen LogP contribution < -0.4 is 5.32 Å². The zero-order valence-corrected chi connectivity index (χ0v) is 14.9. The fourth-order valence-electron chi connectivity index (χ4n) is 2.81. The summed E-state index contributed by atoms with van der Waals surface area (Å²) in [4.78, 5) is 25.4. The first kappa shape index (κ1) is 20.9. The SMILES string of the molecule is C=CCn1cc(C(=O)N[C@@H]2CN(C(=O)CCOCC)C[C@H]2C(F)(F)F)nn1. The third-order valence-corrected chi connectivity index (χ3v) is 4.16. The Morgan fingerprint density at radius 2 is 2.19 bits per heavy atom. The van der Waals surface area contributed by atoms with Crippen LogP contribution in [0.2, 0.25) is 0 Å². The summed E-state index contributed by atoms with van der Waals surface area (Å²) in [6, 6.07) is -1.25. The Labute approximate surface area is 154 Å². The Bertz CT molecular complexity index is 677. The van der Waals surface area contributed by atoms with Gasteiger partial charge in [-0.15, -0.1) is 11.7 Å². The van der Waals surface area contributed by atoms with Crippen LogP contribution in [0.25, 0.3) is 0 Å². The number of carbonyl (C=O) groups excluding carboxylic acids is 2. The zero-order chi connectivity index (χ0) is 20.0. The van der Waals surface area contributed by atoms with E-state index in [1.807, 2.05) is 0 Å². The van der Waals surface area contributed by atoms with Crippen LogP contribution in [0.5, 0.6) is 0 Å². The maximum atomic E-state index is 13.4. The second-order valence-corrected chi connectivity index (χ2v) is 6.09. The number of hydrogen-bond acceptors (Lipinski definition) is 5. The van der Waals surface area contributed by atoms with E-state index in [9.17, 15) is 22.8 Å². The molecule has 1 aromatic heterocycles. The maximum Gasteiger partial charge on any atom is 0.395 e. The third-order valence-electron chi connectivity index (χ3n) is 4.16. The number of likely N-dealkylation sites (tertiary alicyclic amines) is 1. The first-order chi connectivity index (χ1) is 12.8. The average Bonchev–Trinajstić information content (AvgIpc) is 3.22. The molecule has 0 saturated carbocycles. The van der Waals surface area contributed by atoms with Gasteiger partial charge >= 0.3 is 6.18 Å². The van der Waals surface area contributed by atoms with Crippen LogP contribution in [0.4, 0.5) is 13.2 Å². The van der Waals surface area contributed by atoms with Gasteiger partial charge in [0.2, 0.25) is 5.91 Å². The van der Waals surface area contributed by atoms with E-state index in [-0.39, 0.29) is 25.3 Å². The summed E-state index contributed by atoms with van der Waals surface area (Å²) in [5.74, 6) is -3.06. The van der Waals surface area contributed by atoms with E-state index < -0.39 is 36.5 Å². The third kappa shape index (κ3) is 5.52. The molecule has 2 rings (SSSR count). The first-order valence-corrected chi connectivity index (χ1v) is 8.50. The number of ether oxygens (including phenoxy) is 1. The van der Waals surface area contributed by atoms with Crippen LogP contribution in [0.1, 0.15) is 23.8 Å². The molecule has 2 atom stereocenters. The van der Waals surface area contributed by atoms with Crippen molar-refractivity contribution in [2.45, 2.75) is 32.1 Å². The van der Waals surface area contributed by atoms with Crippen LogP contribution in [-0.4, -0.2) is 70.2 Å². The summed E-state index contributed by atoms with van der Waals surface area (Å²) < 4.78 is 46.5. The Morgan fingerprint density at radius 1 is 1.44 bits per heavy atom. The number of hydrogen-bond donors (Lipinski definition) is 1. The molecule has 1 aromatic rings. The number of alkyl halides is 3. The van der Waals surface area contributed by atoms with Gasteiger partial charge in [-0.1, -0.05) is 11.3 Å². The molecule has 0 aromatic carbocycles. The topological polar surface area (TPSA) is 89.4 Å². The molecule has 0 unspecified atom stereocenters. The van der Waals surface area contributed by atoms with Crippen molar-refractivity contribution in [3.05, 3.63) is 24.5 Å². The standard InChI is InChI=1S/C16H22F3N5O3/c1-3-6-24-10-13(21-22-24)15(26)20-12-9-23(8-11(12)16(17,18)19)14(25)5-7-27-4-2/h3,10-12H,1,4-9H2,2H3,(H,20,26)/t11-,12-/m1/s1. The zero-order valence-electron chi connectivity index (χ0n) is 14.9. The number of aromatic nitrogens is 3. The van der Waals surface area contributed by atoms with Gasteiger partial charge in [0.25, 0.3) is 5.91 Å². The van der Waals surface area contributed by atoms with Crippen molar-refractivity contribution in [2.75, 3.05) is 26.3 Å². The van der Waals surface area contributed by atoms with E-state index in [1.165, 1.54) is 10.9 Å². The minimum Gasteiger partial charge on any atom is -0.381 e. The number of nitrogens with zero attached hydrogens (tertiary/aromatic N) is 4. The molecule has 27 heavy (non-hydrogen) atoms. The van der Waals surface area contributed by atoms with Crippen LogP contribution in [0, 0.1) is 5.92 Å². The van der Waals surface area contributed by atoms with E-state index >= 15 is 0 Å². The van der Waals surface area contributed by atoms with Gasteiger partial charge in [0.15, 0.2) is 5.69 Å².